The van der Waals surface area contributed by atoms with Gasteiger partial charge >= 0.3 is 0 Å². The maximum Gasteiger partial charge on any atom is 0.237 e. The molecule has 0 radical (unpaired) electrons. The number of nitrogens with one attached hydrogen (secondary N) is 1. The first kappa shape index (κ1) is 20.4. The lowest BCUT2D eigenvalue weighted by molar-refractivity contribution is -0.124. The molecule has 1 unspecified atom stereocenters. The van der Waals surface area contributed by atoms with E-state index in [1.54, 1.807) is 16.8 Å². The van der Waals surface area contributed by atoms with Crippen LogP contribution in [0.3, 0.4) is 0 Å². The molecule has 3 N–H and O–H groups in total. The molecule has 0 spiro atoms. The Morgan fingerprint density at radius 2 is 2.00 bits per heavy atom. The number of carbonyl (C=O) groups excluding carboxylic acids is 1. The van der Waals surface area contributed by atoms with Gasteiger partial charge in [0, 0.05) is 32.4 Å². The van der Waals surface area contributed by atoms with Crippen molar-refractivity contribution in [3.8, 4) is 5.69 Å². The number of ether oxygens (including phenoxy) is 1. The average Bonchev–Trinajstić information content (AvgIpc) is 3.11. The van der Waals surface area contributed by atoms with Crippen LogP contribution in [0.25, 0.3) is 5.69 Å². The number of amides is 1. The summed E-state index contributed by atoms with van der Waals surface area (Å²) < 4.78 is 19.9. The number of nitrogens with two attached hydrogens (primary N) is 1. The molecule has 1 saturated heterocycles. The number of nitrogens with zero attached hydrogens (tertiary/aromatic N) is 2. The van der Waals surface area contributed by atoms with Gasteiger partial charge in [0.1, 0.15) is 5.82 Å². The second-order valence-corrected chi connectivity index (χ2v) is 6.24. The normalized spacial score (nSPS) is 15.9. The largest absolute Gasteiger partial charge is 0.381 e. The number of carbonyl (C=O) groups is 1. The summed E-state index contributed by atoms with van der Waals surface area (Å²) in [5.41, 5.74) is 7.69. The van der Waals surface area contributed by atoms with Crippen molar-refractivity contribution in [2.24, 2.45) is 11.7 Å². The van der Waals surface area contributed by atoms with Crippen LogP contribution in [-0.2, 0) is 16.0 Å². The van der Waals surface area contributed by atoms with Gasteiger partial charge < -0.3 is 15.8 Å². The summed E-state index contributed by atoms with van der Waals surface area (Å²) in [5, 5.41) is 7.32. The molecule has 2 heterocycles. The van der Waals surface area contributed by atoms with Crippen LogP contribution in [0.5, 0.6) is 0 Å². The molecule has 1 fully saturated rings. The fourth-order valence-electron chi connectivity index (χ4n) is 2.95. The maximum atomic E-state index is 13.0. The van der Waals surface area contributed by atoms with Crippen molar-refractivity contribution in [3.63, 3.8) is 0 Å². The van der Waals surface area contributed by atoms with E-state index in [9.17, 15) is 9.18 Å². The third kappa shape index (κ3) is 5.27. The molecule has 0 saturated carbocycles. The minimum Gasteiger partial charge on any atom is -0.381 e. The first-order valence-electron chi connectivity index (χ1n) is 8.55. The molecular formula is C18H24ClFN4O2. The van der Waals surface area contributed by atoms with E-state index in [4.69, 9.17) is 10.5 Å². The van der Waals surface area contributed by atoms with Crippen LogP contribution in [0.15, 0.2) is 36.5 Å². The molecule has 1 aliphatic rings. The number of hydrogen-bond donors (Lipinski definition) is 2. The van der Waals surface area contributed by atoms with E-state index in [2.05, 4.69) is 10.4 Å². The van der Waals surface area contributed by atoms with Crippen LogP contribution in [0.2, 0.25) is 0 Å². The van der Waals surface area contributed by atoms with Gasteiger partial charge in [0.2, 0.25) is 5.91 Å². The van der Waals surface area contributed by atoms with Crippen LogP contribution in [0, 0.1) is 11.7 Å². The molecule has 1 aliphatic heterocycles. The van der Waals surface area contributed by atoms with Crippen LogP contribution < -0.4 is 11.1 Å². The Morgan fingerprint density at radius 1 is 1.31 bits per heavy atom. The number of hydrogen-bond acceptors (Lipinski definition) is 4. The molecule has 1 amide bonds. The van der Waals surface area contributed by atoms with Crippen molar-refractivity contribution in [2.45, 2.75) is 25.3 Å². The zero-order valence-corrected chi connectivity index (χ0v) is 15.3. The van der Waals surface area contributed by atoms with E-state index in [1.807, 2.05) is 12.3 Å². The molecule has 1 aromatic carbocycles. The maximum absolute atomic E-state index is 13.0. The third-order valence-electron chi connectivity index (χ3n) is 4.49. The summed E-state index contributed by atoms with van der Waals surface area (Å²) >= 11 is 0. The lowest BCUT2D eigenvalue weighted by Gasteiger charge is -2.26. The smallest absolute Gasteiger partial charge is 0.237 e. The summed E-state index contributed by atoms with van der Waals surface area (Å²) in [7, 11) is 0. The second kappa shape index (κ2) is 9.66. The summed E-state index contributed by atoms with van der Waals surface area (Å²) in [6.45, 7) is 1.83. The predicted octanol–water partition coefficient (Wildman–Crippen LogP) is 1.85. The Hall–Kier alpha value is -1.96. The highest BCUT2D eigenvalue weighted by Gasteiger charge is 2.26. The number of halogens is 2. The van der Waals surface area contributed by atoms with E-state index >= 15 is 0 Å². The van der Waals surface area contributed by atoms with Crippen LogP contribution in [-0.4, -0.2) is 41.5 Å². The van der Waals surface area contributed by atoms with Crippen LogP contribution >= 0.6 is 12.4 Å². The average molecular weight is 383 g/mol. The Balaban J connectivity index is 0.00000243. The van der Waals surface area contributed by atoms with Crippen molar-refractivity contribution in [1.82, 2.24) is 15.1 Å². The summed E-state index contributed by atoms with van der Waals surface area (Å²) in [5.74, 6) is -0.212. The zero-order valence-electron chi connectivity index (χ0n) is 14.4. The summed E-state index contributed by atoms with van der Waals surface area (Å²) in [6, 6.07) is 7.53. The van der Waals surface area contributed by atoms with Gasteiger partial charge in [0.15, 0.2) is 0 Å². The fourth-order valence-corrected chi connectivity index (χ4v) is 2.95. The summed E-state index contributed by atoms with van der Waals surface area (Å²) in [4.78, 5) is 12.2. The Morgan fingerprint density at radius 3 is 2.69 bits per heavy atom. The lowest BCUT2D eigenvalue weighted by Crippen LogP contribution is -2.47. The third-order valence-corrected chi connectivity index (χ3v) is 4.49. The molecule has 0 bridgehead atoms. The zero-order chi connectivity index (χ0) is 17.6. The van der Waals surface area contributed by atoms with Crippen molar-refractivity contribution >= 4 is 18.3 Å². The number of rotatable bonds is 6. The first-order chi connectivity index (χ1) is 12.1. The van der Waals surface area contributed by atoms with Gasteiger partial charge in [-0.2, -0.15) is 5.10 Å². The van der Waals surface area contributed by atoms with Crippen LogP contribution in [0.4, 0.5) is 4.39 Å². The Labute approximate surface area is 158 Å². The Kier molecular flexibility index (Phi) is 7.56. The number of benzene rings is 1. The minimum atomic E-state index is -0.485. The van der Waals surface area contributed by atoms with E-state index in [1.165, 1.54) is 12.1 Å². The van der Waals surface area contributed by atoms with Crippen LogP contribution in [0.1, 0.15) is 18.5 Å². The molecular weight excluding hydrogens is 359 g/mol. The fraction of sp³-hybridized carbons (Fsp3) is 0.444. The van der Waals surface area contributed by atoms with E-state index in [0.717, 1.165) is 24.2 Å². The predicted molar refractivity (Wildman–Crippen MR) is 99.0 cm³/mol. The van der Waals surface area contributed by atoms with Gasteiger partial charge in [-0.3, -0.25) is 4.79 Å². The van der Waals surface area contributed by atoms with Crippen molar-refractivity contribution < 1.29 is 13.9 Å². The SMILES string of the molecule is Cl.NC(C(=O)NCCc1ccn(-c2ccc(F)cc2)n1)C1CCOCC1. The molecule has 8 heteroatoms. The molecule has 2 aromatic rings. The highest BCUT2D eigenvalue weighted by Crippen LogP contribution is 2.17. The molecule has 26 heavy (non-hydrogen) atoms. The Bertz CT molecular complexity index is 701. The molecule has 0 aliphatic carbocycles. The highest BCUT2D eigenvalue weighted by molar-refractivity contribution is 5.85. The van der Waals surface area contributed by atoms with Gasteiger partial charge in [-0.05, 0) is 49.1 Å². The monoisotopic (exact) mass is 382 g/mol. The van der Waals surface area contributed by atoms with Crippen molar-refractivity contribution in [3.05, 3.63) is 48.0 Å². The quantitative estimate of drug-likeness (QED) is 0.798. The number of aromatic nitrogens is 2. The molecule has 1 aromatic heterocycles. The lowest BCUT2D eigenvalue weighted by atomic mass is 9.92. The van der Waals surface area contributed by atoms with Crippen molar-refractivity contribution in [1.29, 1.82) is 0 Å². The molecule has 3 rings (SSSR count). The van der Waals surface area contributed by atoms with Crippen molar-refractivity contribution in [2.75, 3.05) is 19.8 Å². The highest BCUT2D eigenvalue weighted by atomic mass is 35.5. The van der Waals surface area contributed by atoms with Gasteiger partial charge in [-0.1, -0.05) is 0 Å². The standard InChI is InChI=1S/C18H23FN4O2.ClH/c19-14-1-3-16(4-2-14)23-10-6-15(22-23)5-9-21-18(24)17(20)13-7-11-25-12-8-13;/h1-4,6,10,13,17H,5,7-9,11-12,20H2,(H,21,24);1H. The van der Waals surface area contributed by atoms with Gasteiger partial charge in [0.05, 0.1) is 17.4 Å². The van der Waals surface area contributed by atoms with E-state index in [-0.39, 0.29) is 30.0 Å². The van der Waals surface area contributed by atoms with E-state index < -0.39 is 6.04 Å². The first-order valence-corrected chi connectivity index (χ1v) is 8.55. The molecule has 6 nitrogen and oxygen atoms in total. The summed E-state index contributed by atoms with van der Waals surface area (Å²) in [6.07, 6.45) is 4.09. The van der Waals surface area contributed by atoms with Gasteiger partial charge in [-0.15, -0.1) is 12.4 Å². The van der Waals surface area contributed by atoms with Gasteiger partial charge in [-0.25, -0.2) is 9.07 Å². The molecule has 142 valence electrons. The topological polar surface area (TPSA) is 82.2 Å². The van der Waals surface area contributed by atoms with E-state index in [0.29, 0.717) is 26.2 Å². The molecule has 1 atom stereocenters. The second-order valence-electron chi connectivity index (χ2n) is 6.24. The van der Waals surface area contributed by atoms with Gasteiger partial charge in [0.25, 0.3) is 0 Å². The minimum absolute atomic E-state index is 0.